The molecule has 0 aromatic carbocycles. The second kappa shape index (κ2) is 3.51. The van der Waals surface area contributed by atoms with Crippen LogP contribution in [0, 0.1) is 6.92 Å². The van der Waals surface area contributed by atoms with Crippen LogP contribution in [-0.4, -0.2) is 30.7 Å². The standard InChI is InChI=1S/C11H12N4O2/c1-6-12-11-13-8(10(16)17)5-9(15(11)14-6)7-3-2-4-7/h5,7H,2-4H2,1H3,(H,16,17). The first kappa shape index (κ1) is 10.2. The Kier molecular flexibility index (Phi) is 2.10. The summed E-state index contributed by atoms with van der Waals surface area (Å²) in [6.07, 6.45) is 3.35. The molecule has 1 fully saturated rings. The van der Waals surface area contributed by atoms with Crippen molar-refractivity contribution in [2.45, 2.75) is 32.1 Å². The molecule has 6 heteroatoms. The maximum Gasteiger partial charge on any atom is 0.354 e. The van der Waals surface area contributed by atoms with Crippen LogP contribution in [0.4, 0.5) is 0 Å². The smallest absolute Gasteiger partial charge is 0.354 e. The van der Waals surface area contributed by atoms with Crippen LogP contribution in [0.3, 0.4) is 0 Å². The number of carboxylic acids is 1. The summed E-state index contributed by atoms with van der Waals surface area (Å²) in [5, 5.41) is 13.3. The van der Waals surface area contributed by atoms with Gasteiger partial charge in [0, 0.05) is 5.92 Å². The largest absolute Gasteiger partial charge is 0.477 e. The summed E-state index contributed by atoms with van der Waals surface area (Å²) in [6, 6.07) is 1.62. The Morgan fingerprint density at radius 2 is 2.24 bits per heavy atom. The first-order valence-electron chi connectivity index (χ1n) is 5.63. The molecule has 0 amide bonds. The normalized spacial score (nSPS) is 16.1. The maximum absolute atomic E-state index is 11.0. The third kappa shape index (κ3) is 1.56. The molecule has 2 aromatic rings. The summed E-state index contributed by atoms with van der Waals surface area (Å²) in [6.45, 7) is 1.78. The number of rotatable bonds is 2. The van der Waals surface area contributed by atoms with Crippen LogP contribution in [0.5, 0.6) is 0 Å². The van der Waals surface area contributed by atoms with Crippen molar-refractivity contribution in [3.05, 3.63) is 23.3 Å². The molecule has 0 spiro atoms. The number of carbonyl (C=O) groups is 1. The lowest BCUT2D eigenvalue weighted by Gasteiger charge is -2.25. The van der Waals surface area contributed by atoms with E-state index in [9.17, 15) is 4.79 Å². The molecule has 0 bridgehead atoms. The number of fused-ring (bicyclic) bond motifs is 1. The van der Waals surface area contributed by atoms with Crippen LogP contribution in [-0.2, 0) is 0 Å². The topological polar surface area (TPSA) is 80.4 Å². The summed E-state index contributed by atoms with van der Waals surface area (Å²) < 4.78 is 1.67. The average molecular weight is 232 g/mol. The summed E-state index contributed by atoms with van der Waals surface area (Å²) in [4.78, 5) is 19.1. The van der Waals surface area contributed by atoms with Gasteiger partial charge in [-0.25, -0.2) is 14.3 Å². The Labute approximate surface area is 97.3 Å². The highest BCUT2D eigenvalue weighted by Gasteiger charge is 2.25. The van der Waals surface area contributed by atoms with Crippen molar-refractivity contribution >= 4 is 11.7 Å². The molecule has 1 saturated carbocycles. The lowest BCUT2D eigenvalue weighted by Crippen LogP contribution is -2.16. The van der Waals surface area contributed by atoms with Crippen molar-refractivity contribution in [2.75, 3.05) is 0 Å². The minimum absolute atomic E-state index is 0.0480. The Morgan fingerprint density at radius 1 is 1.47 bits per heavy atom. The lowest BCUT2D eigenvalue weighted by atomic mass is 9.82. The zero-order valence-electron chi connectivity index (χ0n) is 9.42. The van der Waals surface area contributed by atoms with E-state index in [1.54, 1.807) is 17.5 Å². The Balaban J connectivity index is 2.24. The molecule has 0 atom stereocenters. The number of carboxylic acid groups (broad SMARTS) is 1. The summed E-state index contributed by atoms with van der Waals surface area (Å²) in [5.74, 6) is 0.360. The Morgan fingerprint density at radius 3 is 2.82 bits per heavy atom. The Bertz CT molecular complexity index is 601. The van der Waals surface area contributed by atoms with Gasteiger partial charge in [0.2, 0.25) is 0 Å². The van der Waals surface area contributed by atoms with Gasteiger partial charge in [0.05, 0.1) is 5.69 Å². The molecular weight excluding hydrogens is 220 g/mol. The van der Waals surface area contributed by atoms with Crippen molar-refractivity contribution in [1.82, 2.24) is 19.6 Å². The molecule has 0 unspecified atom stereocenters. The van der Waals surface area contributed by atoms with Crippen LogP contribution < -0.4 is 0 Å². The van der Waals surface area contributed by atoms with E-state index in [-0.39, 0.29) is 5.69 Å². The predicted octanol–water partition coefficient (Wildman–Crippen LogP) is 1.40. The molecule has 0 aliphatic heterocycles. The second-order valence-corrected chi connectivity index (χ2v) is 4.37. The van der Waals surface area contributed by atoms with Gasteiger partial charge in [-0.1, -0.05) is 6.42 Å². The van der Waals surface area contributed by atoms with Gasteiger partial charge in [0.15, 0.2) is 5.69 Å². The van der Waals surface area contributed by atoms with E-state index < -0.39 is 5.97 Å². The van der Waals surface area contributed by atoms with Crippen LogP contribution in [0.1, 0.15) is 47.2 Å². The summed E-state index contributed by atoms with van der Waals surface area (Å²) >= 11 is 0. The molecular formula is C11H12N4O2. The molecule has 88 valence electrons. The van der Waals surface area contributed by atoms with Crippen LogP contribution in [0.15, 0.2) is 6.07 Å². The number of nitrogens with zero attached hydrogens (tertiary/aromatic N) is 4. The van der Waals surface area contributed by atoms with Crippen LogP contribution >= 0.6 is 0 Å². The summed E-state index contributed by atoms with van der Waals surface area (Å²) in [5.41, 5.74) is 0.964. The molecule has 2 heterocycles. The molecule has 1 N–H and O–H groups in total. The van der Waals surface area contributed by atoms with E-state index in [0.29, 0.717) is 17.5 Å². The van der Waals surface area contributed by atoms with Gasteiger partial charge in [-0.3, -0.25) is 0 Å². The molecule has 0 radical (unpaired) electrons. The van der Waals surface area contributed by atoms with Crippen molar-refractivity contribution in [3.8, 4) is 0 Å². The van der Waals surface area contributed by atoms with E-state index in [1.807, 2.05) is 0 Å². The van der Waals surface area contributed by atoms with Crippen LogP contribution in [0.2, 0.25) is 0 Å². The zero-order chi connectivity index (χ0) is 12.0. The predicted molar refractivity (Wildman–Crippen MR) is 59.1 cm³/mol. The molecule has 1 aliphatic rings. The molecule has 6 nitrogen and oxygen atoms in total. The lowest BCUT2D eigenvalue weighted by molar-refractivity contribution is 0.0690. The first-order chi connectivity index (χ1) is 8.15. The Hall–Kier alpha value is -1.98. The van der Waals surface area contributed by atoms with Crippen molar-refractivity contribution < 1.29 is 9.90 Å². The van der Waals surface area contributed by atoms with E-state index in [1.165, 1.54) is 6.42 Å². The number of aromatic carboxylic acids is 1. The van der Waals surface area contributed by atoms with Crippen LogP contribution in [0.25, 0.3) is 5.78 Å². The van der Waals surface area contributed by atoms with E-state index in [4.69, 9.17) is 5.11 Å². The zero-order valence-corrected chi connectivity index (χ0v) is 9.42. The quantitative estimate of drug-likeness (QED) is 0.846. The fourth-order valence-corrected chi connectivity index (χ4v) is 2.10. The fraction of sp³-hybridized carbons (Fsp3) is 0.455. The van der Waals surface area contributed by atoms with Gasteiger partial charge in [0.25, 0.3) is 5.78 Å². The average Bonchev–Trinajstić information content (AvgIpc) is 2.55. The molecule has 3 rings (SSSR count). The van der Waals surface area contributed by atoms with E-state index in [2.05, 4.69) is 15.1 Å². The third-order valence-electron chi connectivity index (χ3n) is 3.19. The van der Waals surface area contributed by atoms with Gasteiger partial charge in [0.1, 0.15) is 5.82 Å². The van der Waals surface area contributed by atoms with Gasteiger partial charge >= 0.3 is 5.97 Å². The molecule has 17 heavy (non-hydrogen) atoms. The second-order valence-electron chi connectivity index (χ2n) is 4.37. The number of hydrogen-bond acceptors (Lipinski definition) is 4. The van der Waals surface area contributed by atoms with Crippen molar-refractivity contribution in [1.29, 1.82) is 0 Å². The minimum Gasteiger partial charge on any atom is -0.477 e. The minimum atomic E-state index is -1.02. The molecule has 1 aliphatic carbocycles. The molecule has 0 saturated heterocycles. The SMILES string of the molecule is Cc1nc2nc(C(=O)O)cc(C3CCC3)n2n1. The molecule has 2 aromatic heterocycles. The first-order valence-corrected chi connectivity index (χ1v) is 5.63. The highest BCUT2D eigenvalue weighted by molar-refractivity contribution is 5.85. The maximum atomic E-state index is 11.0. The van der Waals surface area contributed by atoms with Gasteiger partial charge < -0.3 is 5.11 Å². The van der Waals surface area contributed by atoms with Crippen molar-refractivity contribution in [3.63, 3.8) is 0 Å². The highest BCUT2D eigenvalue weighted by Crippen LogP contribution is 2.36. The monoisotopic (exact) mass is 232 g/mol. The number of hydrogen-bond donors (Lipinski definition) is 1. The van der Waals surface area contributed by atoms with E-state index >= 15 is 0 Å². The van der Waals surface area contributed by atoms with Gasteiger partial charge in [-0.2, -0.15) is 10.1 Å². The summed E-state index contributed by atoms with van der Waals surface area (Å²) in [7, 11) is 0. The number of aryl methyl sites for hydroxylation is 1. The third-order valence-corrected chi connectivity index (χ3v) is 3.19. The van der Waals surface area contributed by atoms with E-state index in [0.717, 1.165) is 18.5 Å². The number of aromatic nitrogens is 4. The van der Waals surface area contributed by atoms with Gasteiger partial charge in [-0.05, 0) is 25.8 Å². The van der Waals surface area contributed by atoms with Crippen molar-refractivity contribution in [2.24, 2.45) is 0 Å². The fourth-order valence-electron chi connectivity index (χ4n) is 2.10. The van der Waals surface area contributed by atoms with Gasteiger partial charge in [-0.15, -0.1) is 0 Å². The highest BCUT2D eigenvalue weighted by atomic mass is 16.4.